The third kappa shape index (κ3) is 1.54. The van der Waals surface area contributed by atoms with Gasteiger partial charge in [-0.25, -0.2) is 0 Å². The van der Waals surface area contributed by atoms with Crippen LogP contribution in [0.5, 0.6) is 17.2 Å². The van der Waals surface area contributed by atoms with Crippen LogP contribution in [0.3, 0.4) is 0 Å². The topological polar surface area (TPSA) is 27.7 Å². The van der Waals surface area contributed by atoms with Crippen LogP contribution in [0.2, 0.25) is 0 Å². The van der Waals surface area contributed by atoms with E-state index in [-0.39, 0.29) is 0 Å². The minimum absolute atomic E-state index is 0.293. The van der Waals surface area contributed by atoms with Crippen molar-refractivity contribution in [2.24, 2.45) is 0 Å². The van der Waals surface area contributed by atoms with Gasteiger partial charge in [0.1, 0.15) is 0 Å². The van der Waals surface area contributed by atoms with Crippen LogP contribution < -0.4 is 14.2 Å². The average Bonchev–Trinajstić information content (AvgIpc) is 2.62. The maximum atomic E-state index is 5.49. The maximum Gasteiger partial charge on any atom is 0.231 e. The first-order chi connectivity index (χ1) is 6.42. The lowest BCUT2D eigenvalue weighted by molar-refractivity contribution is 0.169. The molecule has 2 rings (SSSR count). The molecule has 1 aliphatic rings. The molecule has 70 valence electrons. The third-order valence-corrected chi connectivity index (χ3v) is 1.82. The summed E-state index contributed by atoms with van der Waals surface area (Å²) < 4.78 is 16.0. The molecule has 3 heteroatoms. The minimum atomic E-state index is 0.293. The zero-order valence-corrected chi connectivity index (χ0v) is 7.58. The number of ether oxygens (including phenoxy) is 3. The highest BCUT2D eigenvalue weighted by Gasteiger charge is 2.17. The van der Waals surface area contributed by atoms with Gasteiger partial charge in [0.05, 0.1) is 6.61 Å². The molecule has 0 unspecified atom stereocenters. The fraction of sp³-hybridized carbons (Fsp3) is 0.400. The lowest BCUT2D eigenvalue weighted by Gasteiger charge is -2.06. The van der Waals surface area contributed by atoms with E-state index in [4.69, 9.17) is 14.2 Å². The van der Waals surface area contributed by atoms with Gasteiger partial charge in [-0.2, -0.15) is 0 Å². The highest BCUT2D eigenvalue weighted by molar-refractivity contribution is 5.52. The number of para-hydroxylation sites is 1. The fourth-order valence-electron chi connectivity index (χ4n) is 1.23. The van der Waals surface area contributed by atoms with E-state index in [0.717, 1.165) is 23.7 Å². The predicted octanol–water partition coefficient (Wildman–Crippen LogP) is 2.20. The summed E-state index contributed by atoms with van der Waals surface area (Å²) in [4.78, 5) is 0. The molecule has 0 aliphatic carbocycles. The van der Waals surface area contributed by atoms with Crippen molar-refractivity contribution in [3.05, 3.63) is 18.2 Å². The molecule has 0 radical (unpaired) electrons. The SMILES string of the molecule is CCCOc1cccc2c1OCO2. The fourth-order valence-corrected chi connectivity index (χ4v) is 1.23. The molecule has 0 amide bonds. The van der Waals surface area contributed by atoms with Crippen LogP contribution >= 0.6 is 0 Å². The second-order valence-corrected chi connectivity index (χ2v) is 2.84. The molecule has 0 spiro atoms. The van der Waals surface area contributed by atoms with Crippen LogP contribution in [0.25, 0.3) is 0 Å². The number of hydrogen-bond donors (Lipinski definition) is 0. The molecule has 0 saturated carbocycles. The molecule has 0 atom stereocenters. The van der Waals surface area contributed by atoms with Crippen LogP contribution in [-0.2, 0) is 0 Å². The molecule has 0 bridgehead atoms. The number of rotatable bonds is 3. The zero-order chi connectivity index (χ0) is 9.10. The first kappa shape index (κ1) is 8.23. The Kier molecular flexibility index (Phi) is 2.25. The summed E-state index contributed by atoms with van der Waals surface area (Å²) in [7, 11) is 0. The van der Waals surface area contributed by atoms with Gasteiger partial charge in [0.2, 0.25) is 12.5 Å². The Morgan fingerprint density at radius 3 is 3.15 bits per heavy atom. The van der Waals surface area contributed by atoms with E-state index in [1.165, 1.54) is 0 Å². The largest absolute Gasteiger partial charge is 0.490 e. The number of hydrogen-bond acceptors (Lipinski definition) is 3. The second kappa shape index (κ2) is 3.56. The molecular formula is C10H12O3. The van der Waals surface area contributed by atoms with Gasteiger partial charge in [0.25, 0.3) is 0 Å². The van der Waals surface area contributed by atoms with Gasteiger partial charge in [-0.05, 0) is 18.6 Å². The summed E-state index contributed by atoms with van der Waals surface area (Å²) in [5.41, 5.74) is 0. The Hall–Kier alpha value is -1.38. The van der Waals surface area contributed by atoms with Crippen molar-refractivity contribution in [3.63, 3.8) is 0 Å². The van der Waals surface area contributed by atoms with Gasteiger partial charge in [0, 0.05) is 0 Å². The van der Waals surface area contributed by atoms with Crippen LogP contribution in [0.4, 0.5) is 0 Å². The molecule has 1 heterocycles. The quantitative estimate of drug-likeness (QED) is 0.713. The van der Waals surface area contributed by atoms with Gasteiger partial charge >= 0.3 is 0 Å². The zero-order valence-electron chi connectivity index (χ0n) is 7.58. The molecule has 0 saturated heterocycles. The Labute approximate surface area is 77.2 Å². The maximum absolute atomic E-state index is 5.49. The molecule has 1 aromatic carbocycles. The van der Waals surface area contributed by atoms with Crippen LogP contribution in [-0.4, -0.2) is 13.4 Å². The van der Waals surface area contributed by atoms with Crippen molar-refractivity contribution in [3.8, 4) is 17.2 Å². The summed E-state index contributed by atoms with van der Waals surface area (Å²) in [6.45, 7) is 3.07. The Bertz CT molecular complexity index is 296. The van der Waals surface area contributed by atoms with Gasteiger partial charge in [-0.1, -0.05) is 13.0 Å². The van der Waals surface area contributed by atoms with E-state index in [1.54, 1.807) is 0 Å². The lowest BCUT2D eigenvalue weighted by atomic mass is 10.3. The second-order valence-electron chi connectivity index (χ2n) is 2.84. The normalized spacial score (nSPS) is 13.0. The first-order valence-electron chi connectivity index (χ1n) is 4.43. The highest BCUT2D eigenvalue weighted by Crippen LogP contribution is 2.40. The molecule has 1 aliphatic heterocycles. The van der Waals surface area contributed by atoms with Gasteiger partial charge < -0.3 is 14.2 Å². The van der Waals surface area contributed by atoms with E-state index in [9.17, 15) is 0 Å². The van der Waals surface area contributed by atoms with Gasteiger partial charge in [0.15, 0.2) is 11.5 Å². The van der Waals surface area contributed by atoms with E-state index < -0.39 is 0 Å². The van der Waals surface area contributed by atoms with Crippen molar-refractivity contribution in [1.29, 1.82) is 0 Å². The molecule has 0 fully saturated rings. The van der Waals surface area contributed by atoms with Gasteiger partial charge in [-0.3, -0.25) is 0 Å². The minimum Gasteiger partial charge on any atom is -0.490 e. The summed E-state index contributed by atoms with van der Waals surface area (Å²) >= 11 is 0. The van der Waals surface area contributed by atoms with E-state index in [1.807, 2.05) is 18.2 Å². The molecule has 0 aromatic heterocycles. The molecular weight excluding hydrogens is 168 g/mol. The van der Waals surface area contributed by atoms with E-state index in [0.29, 0.717) is 13.4 Å². The highest BCUT2D eigenvalue weighted by atomic mass is 16.7. The average molecular weight is 180 g/mol. The Morgan fingerprint density at radius 1 is 1.38 bits per heavy atom. The Morgan fingerprint density at radius 2 is 2.31 bits per heavy atom. The molecule has 0 N–H and O–H groups in total. The Balaban J connectivity index is 2.20. The summed E-state index contributed by atoms with van der Waals surface area (Å²) in [6, 6.07) is 5.67. The van der Waals surface area contributed by atoms with Gasteiger partial charge in [-0.15, -0.1) is 0 Å². The first-order valence-corrected chi connectivity index (χ1v) is 4.43. The van der Waals surface area contributed by atoms with E-state index in [2.05, 4.69) is 6.92 Å². The standard InChI is InChI=1S/C10H12O3/c1-2-6-11-8-4-3-5-9-10(8)13-7-12-9/h3-5H,2,6-7H2,1H3. The molecule has 13 heavy (non-hydrogen) atoms. The summed E-state index contributed by atoms with van der Waals surface area (Å²) in [5, 5.41) is 0. The number of benzene rings is 1. The third-order valence-electron chi connectivity index (χ3n) is 1.82. The molecule has 3 nitrogen and oxygen atoms in total. The van der Waals surface area contributed by atoms with Crippen molar-refractivity contribution in [1.82, 2.24) is 0 Å². The van der Waals surface area contributed by atoms with E-state index >= 15 is 0 Å². The van der Waals surface area contributed by atoms with Crippen molar-refractivity contribution < 1.29 is 14.2 Å². The van der Waals surface area contributed by atoms with Crippen LogP contribution in [0, 0.1) is 0 Å². The lowest BCUT2D eigenvalue weighted by Crippen LogP contribution is -1.97. The number of fused-ring (bicyclic) bond motifs is 1. The summed E-state index contributed by atoms with van der Waals surface area (Å²) in [5.74, 6) is 2.28. The van der Waals surface area contributed by atoms with Crippen molar-refractivity contribution >= 4 is 0 Å². The smallest absolute Gasteiger partial charge is 0.231 e. The van der Waals surface area contributed by atoms with Crippen molar-refractivity contribution in [2.45, 2.75) is 13.3 Å². The monoisotopic (exact) mass is 180 g/mol. The van der Waals surface area contributed by atoms with Crippen molar-refractivity contribution in [2.75, 3.05) is 13.4 Å². The predicted molar refractivity (Wildman–Crippen MR) is 48.4 cm³/mol. The van der Waals surface area contributed by atoms with Crippen LogP contribution in [0.15, 0.2) is 18.2 Å². The summed E-state index contributed by atoms with van der Waals surface area (Å²) in [6.07, 6.45) is 0.991. The molecule has 1 aromatic rings. The van der Waals surface area contributed by atoms with Crippen LogP contribution in [0.1, 0.15) is 13.3 Å².